The van der Waals surface area contributed by atoms with Crippen LogP contribution in [0.5, 0.6) is 0 Å². The molecule has 0 saturated carbocycles. The van der Waals surface area contributed by atoms with Crippen LogP contribution < -0.4 is 5.73 Å². The lowest BCUT2D eigenvalue weighted by atomic mass is 10.1. The van der Waals surface area contributed by atoms with Crippen molar-refractivity contribution in [3.05, 3.63) is 32.9 Å². The molecule has 0 bridgehead atoms. The van der Waals surface area contributed by atoms with Gasteiger partial charge in [-0.2, -0.15) is 0 Å². The molecular weight excluding hydrogens is 269 g/mol. The number of thiocarbonyl (C=S) groups is 1. The van der Waals surface area contributed by atoms with E-state index in [-0.39, 0.29) is 0 Å². The maximum absolute atomic E-state index is 5.46. The van der Waals surface area contributed by atoms with Gasteiger partial charge in [-0.1, -0.05) is 24.4 Å². The number of aryl methyl sites for hydroxylation is 1. The summed E-state index contributed by atoms with van der Waals surface area (Å²) >= 11 is 7.11. The van der Waals surface area contributed by atoms with Gasteiger partial charge in [-0.25, -0.2) is 0 Å². The summed E-state index contributed by atoms with van der Waals surface area (Å²) in [5.74, 6) is 0. The minimum Gasteiger partial charge on any atom is -0.389 e. The van der Waals surface area contributed by atoms with Crippen molar-refractivity contribution in [3.8, 4) is 0 Å². The molecule has 0 atom stereocenters. The summed E-state index contributed by atoms with van der Waals surface area (Å²) < 4.78 is 1.20. The van der Waals surface area contributed by atoms with Crippen LogP contribution in [0.15, 0.2) is 18.2 Å². The third-order valence-corrected chi connectivity index (χ3v) is 2.85. The van der Waals surface area contributed by atoms with Gasteiger partial charge in [-0.15, -0.1) is 0 Å². The molecule has 1 rings (SSSR count). The molecule has 0 saturated heterocycles. The first kappa shape index (κ1) is 8.93. The van der Waals surface area contributed by atoms with Gasteiger partial charge in [-0.05, 0) is 41.1 Å². The van der Waals surface area contributed by atoms with Gasteiger partial charge in [0.2, 0.25) is 0 Å². The minimum atomic E-state index is 0.461. The summed E-state index contributed by atoms with van der Waals surface area (Å²) in [6.45, 7) is 2.06. The molecule has 0 aliphatic rings. The molecule has 1 aromatic carbocycles. The van der Waals surface area contributed by atoms with E-state index in [1.165, 1.54) is 9.13 Å². The van der Waals surface area contributed by atoms with Crippen molar-refractivity contribution in [2.24, 2.45) is 5.73 Å². The molecule has 0 aromatic heterocycles. The van der Waals surface area contributed by atoms with Crippen molar-refractivity contribution >= 4 is 39.8 Å². The molecule has 0 aliphatic carbocycles. The minimum absolute atomic E-state index is 0.461. The Labute approximate surface area is 85.1 Å². The molecule has 0 heterocycles. The van der Waals surface area contributed by atoms with Crippen molar-refractivity contribution in [1.82, 2.24) is 0 Å². The van der Waals surface area contributed by atoms with Gasteiger partial charge in [0, 0.05) is 9.13 Å². The van der Waals surface area contributed by atoms with Crippen LogP contribution in [0.2, 0.25) is 0 Å². The van der Waals surface area contributed by atoms with E-state index >= 15 is 0 Å². The number of nitrogens with two attached hydrogens (primary N) is 1. The molecule has 0 unspecified atom stereocenters. The van der Waals surface area contributed by atoms with Crippen molar-refractivity contribution < 1.29 is 0 Å². The molecule has 1 nitrogen and oxygen atoms in total. The first-order valence-corrected chi connectivity index (χ1v) is 4.66. The summed E-state index contributed by atoms with van der Waals surface area (Å²) in [5.41, 5.74) is 7.66. The Kier molecular flexibility index (Phi) is 2.84. The van der Waals surface area contributed by atoms with Gasteiger partial charge in [0.25, 0.3) is 0 Å². The normalized spacial score (nSPS) is 9.64. The summed E-state index contributed by atoms with van der Waals surface area (Å²) in [6, 6.07) is 5.97. The van der Waals surface area contributed by atoms with Gasteiger partial charge in [0.1, 0.15) is 4.99 Å². The Hall–Kier alpha value is -0.160. The highest BCUT2D eigenvalue weighted by molar-refractivity contribution is 14.1. The quantitative estimate of drug-likeness (QED) is 0.629. The first-order chi connectivity index (χ1) is 5.11. The molecule has 0 fully saturated rings. The molecule has 2 N–H and O–H groups in total. The Balaban J connectivity index is 3.15. The number of hydrogen-bond acceptors (Lipinski definition) is 1. The maximum atomic E-state index is 5.46. The van der Waals surface area contributed by atoms with Gasteiger partial charge in [-0.3, -0.25) is 0 Å². The SMILES string of the molecule is Cc1ccc(C(N)=S)cc1I. The van der Waals surface area contributed by atoms with E-state index in [0.717, 1.165) is 5.56 Å². The van der Waals surface area contributed by atoms with Gasteiger partial charge in [0.05, 0.1) is 0 Å². The van der Waals surface area contributed by atoms with Crippen LogP contribution in [0.25, 0.3) is 0 Å². The van der Waals surface area contributed by atoms with Gasteiger partial charge in [0.15, 0.2) is 0 Å². The zero-order valence-electron chi connectivity index (χ0n) is 6.10. The lowest BCUT2D eigenvalue weighted by Crippen LogP contribution is -2.09. The van der Waals surface area contributed by atoms with Gasteiger partial charge < -0.3 is 5.73 Å². The number of benzene rings is 1. The van der Waals surface area contributed by atoms with Crippen molar-refractivity contribution in [2.45, 2.75) is 6.92 Å². The number of halogens is 1. The Morgan fingerprint density at radius 1 is 1.55 bits per heavy atom. The molecule has 0 amide bonds. The highest BCUT2D eigenvalue weighted by atomic mass is 127. The highest BCUT2D eigenvalue weighted by Gasteiger charge is 1.98. The van der Waals surface area contributed by atoms with Crippen LogP contribution in [-0.2, 0) is 0 Å². The summed E-state index contributed by atoms with van der Waals surface area (Å²) in [5, 5.41) is 0. The highest BCUT2D eigenvalue weighted by Crippen LogP contribution is 2.12. The van der Waals surface area contributed by atoms with E-state index in [4.69, 9.17) is 18.0 Å². The van der Waals surface area contributed by atoms with E-state index in [1.54, 1.807) is 0 Å². The van der Waals surface area contributed by atoms with Crippen LogP contribution in [0.1, 0.15) is 11.1 Å². The van der Waals surface area contributed by atoms with Crippen molar-refractivity contribution in [3.63, 3.8) is 0 Å². The van der Waals surface area contributed by atoms with Crippen molar-refractivity contribution in [1.29, 1.82) is 0 Å². The number of hydrogen-bond donors (Lipinski definition) is 1. The van der Waals surface area contributed by atoms with Crippen molar-refractivity contribution in [2.75, 3.05) is 0 Å². The fourth-order valence-electron chi connectivity index (χ4n) is 0.746. The third kappa shape index (κ3) is 2.13. The third-order valence-electron chi connectivity index (χ3n) is 1.46. The molecule has 1 aromatic rings. The van der Waals surface area contributed by atoms with E-state index in [2.05, 4.69) is 29.5 Å². The predicted molar refractivity (Wildman–Crippen MR) is 59.8 cm³/mol. The predicted octanol–water partition coefficient (Wildman–Crippen LogP) is 2.23. The Bertz CT molecular complexity index is 296. The lowest BCUT2D eigenvalue weighted by Gasteiger charge is -2.00. The second kappa shape index (κ2) is 3.49. The summed E-state index contributed by atoms with van der Waals surface area (Å²) in [7, 11) is 0. The topological polar surface area (TPSA) is 26.0 Å². The molecular formula is C8H8INS. The summed E-state index contributed by atoms with van der Waals surface area (Å²) in [6.07, 6.45) is 0. The Morgan fingerprint density at radius 3 is 2.64 bits per heavy atom. The van der Waals surface area contributed by atoms with Crippen LogP contribution >= 0.6 is 34.8 Å². The number of rotatable bonds is 1. The average Bonchev–Trinajstić information content (AvgIpc) is 1.94. The molecule has 11 heavy (non-hydrogen) atoms. The first-order valence-electron chi connectivity index (χ1n) is 3.17. The van der Waals surface area contributed by atoms with E-state index < -0.39 is 0 Å². The second-order valence-electron chi connectivity index (χ2n) is 2.33. The van der Waals surface area contributed by atoms with Gasteiger partial charge >= 0.3 is 0 Å². The Morgan fingerprint density at radius 2 is 2.18 bits per heavy atom. The van der Waals surface area contributed by atoms with Crippen LogP contribution in [0.3, 0.4) is 0 Å². The van der Waals surface area contributed by atoms with E-state index in [0.29, 0.717) is 4.99 Å². The monoisotopic (exact) mass is 277 g/mol. The molecule has 0 radical (unpaired) electrons. The molecule has 0 aliphatic heterocycles. The van der Waals surface area contributed by atoms with E-state index in [1.807, 2.05) is 18.2 Å². The lowest BCUT2D eigenvalue weighted by molar-refractivity contribution is 1.42. The van der Waals surface area contributed by atoms with E-state index in [9.17, 15) is 0 Å². The average molecular weight is 277 g/mol. The van der Waals surface area contributed by atoms with Crippen LogP contribution in [-0.4, -0.2) is 4.99 Å². The zero-order valence-corrected chi connectivity index (χ0v) is 9.07. The molecule has 3 heteroatoms. The van der Waals surface area contributed by atoms with Crippen LogP contribution in [0, 0.1) is 10.5 Å². The standard InChI is InChI=1S/C8H8INS/c1-5-2-3-6(8(10)11)4-7(5)9/h2-4H,1H3,(H2,10,11). The largest absolute Gasteiger partial charge is 0.389 e. The zero-order chi connectivity index (χ0) is 8.43. The second-order valence-corrected chi connectivity index (χ2v) is 3.93. The fourth-order valence-corrected chi connectivity index (χ4v) is 1.39. The molecule has 58 valence electrons. The maximum Gasteiger partial charge on any atom is 0.104 e. The molecule has 0 spiro atoms. The fraction of sp³-hybridized carbons (Fsp3) is 0.125. The van der Waals surface area contributed by atoms with Crippen LogP contribution in [0.4, 0.5) is 0 Å². The summed E-state index contributed by atoms with van der Waals surface area (Å²) in [4.78, 5) is 0.461. The smallest absolute Gasteiger partial charge is 0.104 e.